The lowest BCUT2D eigenvalue weighted by molar-refractivity contribution is -0.154. The minimum atomic E-state index is -0.583. The summed E-state index contributed by atoms with van der Waals surface area (Å²) in [6, 6.07) is 43.0. The predicted octanol–water partition coefficient (Wildman–Crippen LogP) is 16.1. The van der Waals surface area contributed by atoms with Gasteiger partial charge in [0.15, 0.2) is 5.82 Å². The van der Waals surface area contributed by atoms with Gasteiger partial charge in [-0.05, 0) is 163 Å². The molecule has 11 rings (SSSR count). The fraction of sp³-hybridized carbons (Fsp3) is 0.318. The number of fused-ring (bicyclic) bond motifs is 2. The molecule has 428 valence electrons. The van der Waals surface area contributed by atoms with E-state index in [-0.39, 0.29) is 24.2 Å². The highest BCUT2D eigenvalue weighted by molar-refractivity contribution is 9.11. The Labute approximate surface area is 512 Å². The van der Waals surface area contributed by atoms with Crippen molar-refractivity contribution in [2.24, 2.45) is 4.99 Å². The number of esters is 1. The maximum absolute atomic E-state index is 12.9. The van der Waals surface area contributed by atoms with E-state index in [4.69, 9.17) is 25.0 Å². The highest BCUT2D eigenvalue weighted by Crippen LogP contribution is 2.45. The summed E-state index contributed by atoms with van der Waals surface area (Å²) in [5.74, 6) is 2.27. The molecule has 2 aliphatic rings. The molecule has 3 atom stereocenters. The summed E-state index contributed by atoms with van der Waals surface area (Å²) in [4.78, 5) is 42.6. The summed E-state index contributed by atoms with van der Waals surface area (Å²) in [5, 5.41) is 18.2. The zero-order chi connectivity index (χ0) is 58.5. The van der Waals surface area contributed by atoms with Crippen molar-refractivity contribution >= 4 is 77.9 Å². The number of ether oxygens (including phenoxy) is 1. The topological polar surface area (TPSA) is 160 Å². The summed E-state index contributed by atoms with van der Waals surface area (Å²) in [5.41, 5.74) is 12.6. The quantitative estimate of drug-likeness (QED) is 0.0773. The van der Waals surface area contributed by atoms with Crippen LogP contribution in [0.1, 0.15) is 137 Å². The first-order valence-corrected chi connectivity index (χ1v) is 30.9. The lowest BCUT2D eigenvalue weighted by atomic mass is 9.84. The van der Waals surface area contributed by atoms with Crippen molar-refractivity contribution in [2.45, 2.75) is 129 Å². The van der Waals surface area contributed by atoms with Crippen LogP contribution in [0.3, 0.4) is 0 Å². The number of pyridine rings is 3. The van der Waals surface area contributed by atoms with Crippen molar-refractivity contribution in [1.29, 1.82) is 0 Å². The number of aldehydes is 1. The fourth-order valence-corrected chi connectivity index (χ4v) is 11.7. The van der Waals surface area contributed by atoms with Gasteiger partial charge in [0.25, 0.3) is 0 Å². The Morgan fingerprint density at radius 3 is 1.67 bits per heavy atom. The molecule has 3 aromatic carbocycles. The SMILES string of the molecule is CCn1nc(-c2ccccn2)c(C(CCC=O)c2ccc(Br)cc2)c1CC(=O)OC(C)(C)C.CCn1nc(-c2ccccn2)c2c1N=CCCC2c1ccc(Br)cc1.CCn1nc(-c2ccccn2)c2c1NCCCC2c1ccc(Br)cc1. The Hall–Kier alpha value is -7.21. The van der Waals surface area contributed by atoms with Crippen LogP contribution in [0.25, 0.3) is 34.2 Å². The molecule has 83 heavy (non-hydrogen) atoms. The van der Waals surface area contributed by atoms with Gasteiger partial charge in [-0.3, -0.25) is 24.4 Å². The lowest BCUT2D eigenvalue weighted by Crippen LogP contribution is -2.26. The van der Waals surface area contributed by atoms with Gasteiger partial charge < -0.3 is 14.8 Å². The summed E-state index contributed by atoms with van der Waals surface area (Å²) < 4.78 is 14.7. The number of halogens is 3. The summed E-state index contributed by atoms with van der Waals surface area (Å²) >= 11 is 10.6. The molecular weight excluding hydrogens is 1230 g/mol. The molecule has 0 amide bonds. The van der Waals surface area contributed by atoms with E-state index < -0.39 is 5.60 Å². The van der Waals surface area contributed by atoms with Gasteiger partial charge in [-0.1, -0.05) is 102 Å². The van der Waals surface area contributed by atoms with E-state index in [0.29, 0.717) is 25.3 Å². The number of aliphatic imine (C=N–C) groups is 1. The van der Waals surface area contributed by atoms with E-state index in [1.165, 1.54) is 22.3 Å². The van der Waals surface area contributed by atoms with E-state index >= 15 is 0 Å². The van der Waals surface area contributed by atoms with Gasteiger partial charge in [0.1, 0.15) is 34.8 Å². The monoisotopic (exact) mass is 1300 g/mol. The number of carbonyl (C=O) groups is 2. The minimum Gasteiger partial charge on any atom is -0.460 e. The van der Waals surface area contributed by atoms with E-state index in [9.17, 15) is 9.59 Å². The first-order chi connectivity index (χ1) is 40.3. The standard InChI is InChI=1S/C26H30BrN3O3.C20H21BrN4.C20H19BrN4/c1-5-30-22(17-23(32)33-26(2,3)4)24(25(29-30)21-10-6-7-15-28-21)20(9-8-16-31)18-11-13-19(27)14-12-18;2*1-2-25-20-18(19(24-25)17-7-3-4-12-22-17)16(6-5-13-23-20)14-8-10-15(21)11-9-14/h6-7,10-16,20H,5,8-9,17H2,1-4H3;3-4,7-12,16,23H,2,5-6,13H2,1H3;3-4,7-13,16H,2,5-6H2,1H3. The maximum Gasteiger partial charge on any atom is 0.312 e. The normalized spacial score (nSPS) is 15.0. The Morgan fingerprint density at radius 1 is 0.651 bits per heavy atom. The second-order valence-corrected chi connectivity index (χ2v) is 24.0. The van der Waals surface area contributed by atoms with Gasteiger partial charge >= 0.3 is 5.97 Å². The van der Waals surface area contributed by atoms with Crippen LogP contribution in [0.2, 0.25) is 0 Å². The Balaban J connectivity index is 0.000000152. The van der Waals surface area contributed by atoms with Crippen LogP contribution in [0.15, 0.2) is 164 Å². The second-order valence-electron chi connectivity index (χ2n) is 21.3. The van der Waals surface area contributed by atoms with Gasteiger partial charge in [-0.15, -0.1) is 0 Å². The number of nitrogens with zero attached hydrogens (tertiary/aromatic N) is 10. The summed E-state index contributed by atoms with van der Waals surface area (Å²) in [6.45, 7) is 15.0. The molecule has 2 aliphatic heterocycles. The van der Waals surface area contributed by atoms with Crippen molar-refractivity contribution in [3.63, 3.8) is 0 Å². The summed E-state index contributed by atoms with van der Waals surface area (Å²) in [6.07, 6.45) is 13.7. The number of anilines is 1. The molecule has 0 saturated heterocycles. The first-order valence-electron chi connectivity index (χ1n) is 28.5. The highest BCUT2D eigenvalue weighted by atomic mass is 79.9. The van der Waals surface area contributed by atoms with Crippen molar-refractivity contribution in [1.82, 2.24) is 44.3 Å². The van der Waals surface area contributed by atoms with E-state index in [0.717, 1.165) is 128 Å². The number of hydrogen-bond donors (Lipinski definition) is 1. The van der Waals surface area contributed by atoms with Crippen LogP contribution in [-0.2, 0) is 40.4 Å². The van der Waals surface area contributed by atoms with Crippen LogP contribution in [0.4, 0.5) is 11.6 Å². The average Bonchev–Trinajstić information content (AvgIpc) is 3.47. The Kier molecular flexibility index (Phi) is 20.6. The average molecular weight is 1310 g/mol. The van der Waals surface area contributed by atoms with E-state index in [1.807, 2.05) is 135 Å². The van der Waals surface area contributed by atoms with Gasteiger partial charge in [-0.2, -0.15) is 15.3 Å². The molecule has 0 bridgehead atoms. The number of aryl methyl sites for hydroxylation is 3. The molecule has 3 unspecified atom stereocenters. The van der Waals surface area contributed by atoms with E-state index in [1.54, 1.807) is 6.20 Å². The zero-order valence-electron chi connectivity index (χ0n) is 47.9. The molecule has 1 N–H and O–H groups in total. The molecule has 9 aromatic rings. The smallest absolute Gasteiger partial charge is 0.312 e. The Bertz CT molecular complexity index is 3560. The number of aromatic nitrogens is 9. The van der Waals surface area contributed by atoms with Crippen molar-refractivity contribution in [3.05, 3.63) is 198 Å². The second kappa shape index (κ2) is 28.4. The van der Waals surface area contributed by atoms with Crippen molar-refractivity contribution in [2.75, 3.05) is 11.9 Å². The molecule has 6 aromatic heterocycles. The van der Waals surface area contributed by atoms with Crippen LogP contribution in [0.5, 0.6) is 0 Å². The minimum absolute atomic E-state index is 0.0917. The number of benzene rings is 3. The number of nitrogens with one attached hydrogen (secondary N) is 1. The molecule has 0 radical (unpaired) electrons. The number of carbonyl (C=O) groups excluding carboxylic acids is 2. The molecule has 0 spiro atoms. The fourth-order valence-electron chi connectivity index (χ4n) is 10.9. The molecule has 17 heteroatoms. The van der Waals surface area contributed by atoms with Gasteiger partial charge in [0, 0.05) is 105 Å². The first kappa shape index (κ1) is 60.4. The molecule has 8 heterocycles. The van der Waals surface area contributed by atoms with Gasteiger partial charge in [0.05, 0.1) is 29.2 Å². The van der Waals surface area contributed by atoms with Crippen LogP contribution in [-0.4, -0.2) is 74.9 Å². The maximum atomic E-state index is 12.9. The zero-order valence-corrected chi connectivity index (χ0v) is 52.6. The molecule has 14 nitrogen and oxygen atoms in total. The van der Waals surface area contributed by atoms with Gasteiger partial charge in [-0.25, -0.2) is 14.4 Å². The van der Waals surface area contributed by atoms with Crippen molar-refractivity contribution in [3.8, 4) is 34.2 Å². The molecule has 0 fully saturated rings. The molecule has 0 saturated carbocycles. The largest absolute Gasteiger partial charge is 0.460 e. The van der Waals surface area contributed by atoms with E-state index in [2.05, 4.69) is 135 Å². The third-order valence-corrected chi connectivity index (χ3v) is 16.2. The Morgan fingerprint density at radius 2 is 1.16 bits per heavy atom. The molecular formula is C66H70Br3N11O3. The predicted molar refractivity (Wildman–Crippen MR) is 341 cm³/mol. The summed E-state index contributed by atoms with van der Waals surface area (Å²) in [7, 11) is 0. The van der Waals surface area contributed by atoms with Crippen LogP contribution >= 0.6 is 47.8 Å². The number of rotatable bonds is 15. The lowest BCUT2D eigenvalue weighted by Gasteiger charge is -2.22. The van der Waals surface area contributed by atoms with Gasteiger partial charge in [0.2, 0.25) is 0 Å². The number of hydrogen-bond acceptors (Lipinski definition) is 11. The third-order valence-electron chi connectivity index (χ3n) is 14.6. The third kappa shape index (κ3) is 14.8. The van der Waals surface area contributed by atoms with Crippen molar-refractivity contribution < 1.29 is 14.3 Å². The van der Waals surface area contributed by atoms with Crippen LogP contribution < -0.4 is 5.32 Å². The highest BCUT2D eigenvalue weighted by Gasteiger charge is 2.33. The van der Waals surface area contributed by atoms with Crippen LogP contribution in [0, 0.1) is 0 Å². The molecule has 0 aliphatic carbocycles.